The van der Waals surface area contributed by atoms with Crippen LogP contribution < -0.4 is 5.32 Å². The highest BCUT2D eigenvalue weighted by atomic mass is 35.5. The number of nitrogens with one attached hydrogen (secondary N) is 1. The van der Waals surface area contributed by atoms with E-state index in [1.165, 1.54) is 11.8 Å². The molecule has 2 aromatic carbocycles. The lowest BCUT2D eigenvalue weighted by Gasteiger charge is -2.29. The van der Waals surface area contributed by atoms with Gasteiger partial charge in [-0.15, -0.1) is 11.8 Å². The van der Waals surface area contributed by atoms with E-state index in [0.29, 0.717) is 17.3 Å². The number of amides is 2. The van der Waals surface area contributed by atoms with Crippen LogP contribution in [0.5, 0.6) is 0 Å². The molecule has 0 aromatic heterocycles. The van der Waals surface area contributed by atoms with Crippen LogP contribution in [0, 0.1) is 6.92 Å². The third kappa shape index (κ3) is 7.37. The fourth-order valence-corrected chi connectivity index (χ4v) is 4.20. The average molecular weight is 447 g/mol. The number of aryl methyl sites for hydroxylation is 1. The molecule has 0 aliphatic heterocycles. The Bertz CT molecular complexity index is 859. The first-order valence-electron chi connectivity index (χ1n) is 10.3. The average Bonchev–Trinajstić information content (AvgIpc) is 2.72. The normalized spacial score (nSPS) is 12.8. The van der Waals surface area contributed by atoms with Gasteiger partial charge < -0.3 is 10.2 Å². The number of hydrogen-bond donors (Lipinski definition) is 1. The van der Waals surface area contributed by atoms with Crippen molar-refractivity contribution in [2.75, 3.05) is 5.75 Å². The lowest BCUT2D eigenvalue weighted by Crippen LogP contribution is -2.50. The van der Waals surface area contributed by atoms with Crippen molar-refractivity contribution in [2.24, 2.45) is 0 Å². The largest absolute Gasteiger partial charge is 0.352 e. The highest BCUT2D eigenvalue weighted by Gasteiger charge is 2.26. The quantitative estimate of drug-likeness (QED) is 0.544. The van der Waals surface area contributed by atoms with Crippen molar-refractivity contribution in [1.82, 2.24) is 10.2 Å². The monoisotopic (exact) mass is 446 g/mol. The van der Waals surface area contributed by atoms with Crippen LogP contribution in [0.1, 0.15) is 43.9 Å². The van der Waals surface area contributed by atoms with Gasteiger partial charge in [-0.2, -0.15) is 0 Å². The van der Waals surface area contributed by atoms with Gasteiger partial charge in [-0.3, -0.25) is 9.59 Å². The maximum Gasteiger partial charge on any atom is 0.242 e. The number of rotatable bonds is 10. The van der Waals surface area contributed by atoms with E-state index in [0.717, 1.165) is 23.1 Å². The SMILES string of the molecule is CC[C@H](C)NC(=O)[C@H](C)N(Cc1cccc(C)c1)C(=O)CSCc1ccccc1Cl. The Morgan fingerprint density at radius 3 is 2.53 bits per heavy atom. The van der Waals surface area contributed by atoms with Gasteiger partial charge in [0.2, 0.25) is 11.8 Å². The molecule has 0 fully saturated rings. The molecule has 2 rings (SSSR count). The van der Waals surface area contributed by atoms with Crippen molar-refractivity contribution in [3.05, 3.63) is 70.2 Å². The Hall–Kier alpha value is -1.98. The minimum absolute atomic E-state index is 0.0552. The second-order valence-electron chi connectivity index (χ2n) is 7.59. The van der Waals surface area contributed by atoms with Gasteiger partial charge in [0, 0.05) is 23.4 Å². The Kier molecular flexibility index (Phi) is 9.73. The minimum Gasteiger partial charge on any atom is -0.352 e. The molecule has 2 amide bonds. The fraction of sp³-hybridized carbons (Fsp3) is 0.417. The summed E-state index contributed by atoms with van der Waals surface area (Å²) in [6.07, 6.45) is 0.845. The van der Waals surface area contributed by atoms with Gasteiger partial charge >= 0.3 is 0 Å². The van der Waals surface area contributed by atoms with Crippen molar-refractivity contribution < 1.29 is 9.59 Å². The molecule has 30 heavy (non-hydrogen) atoms. The molecule has 0 unspecified atom stereocenters. The summed E-state index contributed by atoms with van der Waals surface area (Å²) >= 11 is 7.73. The molecule has 1 N–H and O–H groups in total. The fourth-order valence-electron chi connectivity index (χ4n) is 3.00. The Morgan fingerprint density at radius 1 is 1.13 bits per heavy atom. The van der Waals surface area contributed by atoms with Crippen LogP contribution in [0.15, 0.2) is 48.5 Å². The molecule has 6 heteroatoms. The van der Waals surface area contributed by atoms with E-state index in [1.807, 2.05) is 63.2 Å². The van der Waals surface area contributed by atoms with Crippen LogP contribution in [0.3, 0.4) is 0 Å². The molecule has 0 saturated carbocycles. The number of hydrogen-bond acceptors (Lipinski definition) is 3. The van der Waals surface area contributed by atoms with E-state index in [2.05, 4.69) is 11.4 Å². The molecule has 0 aliphatic rings. The molecule has 0 heterocycles. The first kappa shape index (κ1) is 24.3. The van der Waals surface area contributed by atoms with Gasteiger partial charge in [0.15, 0.2) is 0 Å². The predicted octanol–water partition coefficient (Wildman–Crippen LogP) is 5.21. The molecule has 0 bridgehead atoms. The van der Waals surface area contributed by atoms with E-state index in [9.17, 15) is 9.59 Å². The second-order valence-corrected chi connectivity index (χ2v) is 8.98. The third-order valence-corrected chi connectivity index (χ3v) is 6.38. The molecule has 0 radical (unpaired) electrons. The standard InChI is InChI=1S/C24H31ClN2O2S/c1-5-18(3)26-24(29)19(4)27(14-20-10-8-9-17(2)13-20)23(28)16-30-15-21-11-6-7-12-22(21)25/h6-13,18-19H,5,14-16H2,1-4H3,(H,26,29)/t18-,19-/m0/s1. The molecule has 0 aliphatic carbocycles. The number of benzene rings is 2. The number of thioether (sulfide) groups is 1. The zero-order chi connectivity index (χ0) is 22.1. The van der Waals surface area contributed by atoms with Crippen molar-refractivity contribution >= 4 is 35.2 Å². The van der Waals surface area contributed by atoms with Gasteiger partial charge in [0.1, 0.15) is 6.04 Å². The van der Waals surface area contributed by atoms with E-state index >= 15 is 0 Å². The lowest BCUT2D eigenvalue weighted by molar-refractivity contribution is -0.138. The summed E-state index contributed by atoms with van der Waals surface area (Å²) in [5, 5.41) is 3.70. The molecular formula is C24H31ClN2O2S. The van der Waals surface area contributed by atoms with Crippen LogP contribution in [0.4, 0.5) is 0 Å². The summed E-state index contributed by atoms with van der Waals surface area (Å²) in [7, 11) is 0. The number of carbonyl (C=O) groups is 2. The maximum absolute atomic E-state index is 13.1. The van der Waals surface area contributed by atoms with Crippen LogP contribution in [0.25, 0.3) is 0 Å². The summed E-state index contributed by atoms with van der Waals surface area (Å²) in [6.45, 7) is 8.22. The zero-order valence-corrected chi connectivity index (χ0v) is 19.7. The summed E-state index contributed by atoms with van der Waals surface area (Å²) in [5.41, 5.74) is 3.15. The van der Waals surface area contributed by atoms with Crippen molar-refractivity contribution in [1.29, 1.82) is 0 Å². The van der Waals surface area contributed by atoms with Crippen LogP contribution in [-0.4, -0.2) is 34.6 Å². The van der Waals surface area contributed by atoms with Gasteiger partial charge in [-0.25, -0.2) is 0 Å². The predicted molar refractivity (Wildman–Crippen MR) is 127 cm³/mol. The summed E-state index contributed by atoms with van der Waals surface area (Å²) in [6, 6.07) is 15.2. The topological polar surface area (TPSA) is 49.4 Å². The van der Waals surface area contributed by atoms with E-state index in [-0.39, 0.29) is 23.6 Å². The number of carbonyl (C=O) groups excluding carboxylic acids is 2. The highest BCUT2D eigenvalue weighted by molar-refractivity contribution is 7.99. The first-order valence-corrected chi connectivity index (χ1v) is 11.8. The Morgan fingerprint density at radius 2 is 1.87 bits per heavy atom. The Labute approximate surface area is 189 Å². The van der Waals surface area contributed by atoms with E-state index < -0.39 is 6.04 Å². The molecule has 162 valence electrons. The van der Waals surface area contributed by atoms with Crippen LogP contribution in [0.2, 0.25) is 5.02 Å². The van der Waals surface area contributed by atoms with Crippen LogP contribution >= 0.6 is 23.4 Å². The maximum atomic E-state index is 13.1. The lowest BCUT2D eigenvalue weighted by atomic mass is 10.1. The zero-order valence-electron chi connectivity index (χ0n) is 18.2. The molecule has 2 atom stereocenters. The molecular weight excluding hydrogens is 416 g/mol. The summed E-state index contributed by atoms with van der Waals surface area (Å²) in [5.74, 6) is 0.761. The van der Waals surface area contributed by atoms with Gasteiger partial charge in [-0.1, -0.05) is 66.6 Å². The number of nitrogens with zero attached hydrogens (tertiary/aromatic N) is 1. The van der Waals surface area contributed by atoms with Crippen LogP contribution in [-0.2, 0) is 21.9 Å². The third-order valence-electron chi connectivity index (χ3n) is 5.04. The van der Waals surface area contributed by atoms with E-state index in [1.54, 1.807) is 11.8 Å². The smallest absolute Gasteiger partial charge is 0.242 e. The molecule has 4 nitrogen and oxygen atoms in total. The molecule has 0 spiro atoms. The Balaban J connectivity index is 2.09. The minimum atomic E-state index is -0.548. The van der Waals surface area contributed by atoms with Crippen molar-refractivity contribution in [2.45, 2.75) is 58.5 Å². The molecule has 0 saturated heterocycles. The first-order chi connectivity index (χ1) is 14.3. The highest BCUT2D eigenvalue weighted by Crippen LogP contribution is 2.22. The molecule has 2 aromatic rings. The number of halogens is 1. The second kappa shape index (κ2) is 12.0. The van der Waals surface area contributed by atoms with Crippen molar-refractivity contribution in [3.8, 4) is 0 Å². The van der Waals surface area contributed by atoms with Gasteiger partial charge in [-0.05, 0) is 44.4 Å². The van der Waals surface area contributed by atoms with E-state index in [4.69, 9.17) is 11.6 Å². The summed E-state index contributed by atoms with van der Waals surface area (Å²) < 4.78 is 0. The van der Waals surface area contributed by atoms with Gasteiger partial charge in [0.25, 0.3) is 0 Å². The van der Waals surface area contributed by atoms with Crippen molar-refractivity contribution in [3.63, 3.8) is 0 Å². The summed E-state index contributed by atoms with van der Waals surface area (Å²) in [4.78, 5) is 27.5. The van der Waals surface area contributed by atoms with Gasteiger partial charge in [0.05, 0.1) is 5.75 Å².